The number of alkyl halides is 2. The highest BCUT2D eigenvalue weighted by Gasteiger charge is 2.28. The van der Waals surface area contributed by atoms with Gasteiger partial charge in [-0.3, -0.25) is 9.59 Å². The Morgan fingerprint density at radius 2 is 1.04 bits per heavy atom. The summed E-state index contributed by atoms with van der Waals surface area (Å²) in [6.07, 6.45) is 0. The zero-order chi connectivity index (χ0) is 20.5. The summed E-state index contributed by atoms with van der Waals surface area (Å²) in [6.45, 7) is 0.912. The lowest BCUT2D eigenvalue weighted by atomic mass is 10.0. The van der Waals surface area contributed by atoms with Gasteiger partial charge in [-0.25, -0.2) is 0 Å². The zero-order valence-electron chi connectivity index (χ0n) is 15.0. The van der Waals surface area contributed by atoms with Gasteiger partial charge >= 0.3 is 11.9 Å². The monoisotopic (exact) mass is 512 g/mol. The summed E-state index contributed by atoms with van der Waals surface area (Å²) in [5.41, 5.74) is 1.71. The molecule has 0 heterocycles. The first-order valence-electron chi connectivity index (χ1n) is 8.72. The van der Waals surface area contributed by atoms with E-state index in [2.05, 4.69) is 42.5 Å². The first-order valence-corrected chi connectivity index (χ1v) is 10.6. The molecular formula is C20H22Br2N2O4. The molecule has 0 aliphatic heterocycles. The van der Waals surface area contributed by atoms with Gasteiger partial charge in [-0.2, -0.15) is 0 Å². The highest BCUT2D eigenvalue weighted by Crippen LogP contribution is 2.24. The third-order valence-corrected chi connectivity index (χ3v) is 6.07. The molecule has 4 N–H and O–H groups in total. The Kier molecular flexibility index (Phi) is 9.11. The molecule has 0 saturated heterocycles. The lowest BCUT2D eigenvalue weighted by molar-refractivity contribution is -0.137. The maximum absolute atomic E-state index is 11.4. The fraction of sp³-hybridized carbons (Fsp3) is 0.300. The number of aliphatic carboxylic acids is 2. The van der Waals surface area contributed by atoms with E-state index in [-0.39, 0.29) is 0 Å². The normalized spacial score (nSPS) is 15.4. The molecule has 0 aliphatic rings. The van der Waals surface area contributed by atoms with Crippen molar-refractivity contribution >= 4 is 43.8 Å². The number of hydrogen-bond donors (Lipinski definition) is 4. The standard InChI is InChI=1S/C20H22Br2N2O4/c21-15(19(25)26)17(13-7-3-1-4-8-13)23-11-12-24-18(16(22)20(27)28)14-9-5-2-6-10-14/h1-10,15-18,23-24H,11-12H2,(H,25,26)(H,27,28)/t15-,16-,17?,18?/m1/s1. The lowest BCUT2D eigenvalue weighted by Gasteiger charge is -2.25. The molecule has 0 spiro atoms. The number of carboxylic acid groups (broad SMARTS) is 2. The van der Waals surface area contributed by atoms with Crippen LogP contribution in [0.15, 0.2) is 60.7 Å². The van der Waals surface area contributed by atoms with Gasteiger partial charge in [-0.1, -0.05) is 92.5 Å². The number of rotatable bonds is 11. The molecule has 28 heavy (non-hydrogen) atoms. The van der Waals surface area contributed by atoms with E-state index in [9.17, 15) is 19.8 Å². The zero-order valence-corrected chi connectivity index (χ0v) is 18.1. The van der Waals surface area contributed by atoms with Gasteiger partial charge in [0, 0.05) is 13.1 Å². The molecule has 0 aromatic heterocycles. The highest BCUT2D eigenvalue weighted by atomic mass is 79.9. The summed E-state index contributed by atoms with van der Waals surface area (Å²) in [7, 11) is 0. The van der Waals surface area contributed by atoms with Crippen molar-refractivity contribution in [3.8, 4) is 0 Å². The molecule has 2 aromatic rings. The van der Waals surface area contributed by atoms with Crippen LogP contribution in [0, 0.1) is 0 Å². The number of carbonyl (C=O) groups is 2. The first-order chi connectivity index (χ1) is 13.4. The quantitative estimate of drug-likeness (QED) is 0.272. The van der Waals surface area contributed by atoms with Gasteiger partial charge < -0.3 is 20.8 Å². The molecule has 0 saturated carbocycles. The molecule has 2 aromatic carbocycles. The molecule has 0 aliphatic carbocycles. The molecule has 6 nitrogen and oxygen atoms in total. The SMILES string of the molecule is O=C(O)[C@H](Br)C(NCCNC(c1ccccc1)[C@@H](Br)C(=O)O)c1ccccc1. The van der Waals surface area contributed by atoms with Crippen LogP contribution in [0.25, 0.3) is 0 Å². The van der Waals surface area contributed by atoms with Crippen molar-refractivity contribution in [1.29, 1.82) is 0 Å². The average molecular weight is 514 g/mol. The largest absolute Gasteiger partial charge is 0.480 e. The van der Waals surface area contributed by atoms with Crippen LogP contribution >= 0.6 is 31.9 Å². The van der Waals surface area contributed by atoms with Crippen molar-refractivity contribution in [2.24, 2.45) is 0 Å². The lowest BCUT2D eigenvalue weighted by Crippen LogP contribution is -2.40. The molecule has 0 fully saturated rings. The van der Waals surface area contributed by atoms with E-state index >= 15 is 0 Å². The number of hydrogen-bond acceptors (Lipinski definition) is 4. The summed E-state index contributed by atoms with van der Waals surface area (Å²) in [4.78, 5) is 21.3. The Bertz CT molecular complexity index is 696. The van der Waals surface area contributed by atoms with Crippen LogP contribution in [0.5, 0.6) is 0 Å². The number of halogens is 2. The minimum absolute atomic E-state index is 0.421. The van der Waals surface area contributed by atoms with Crippen LogP contribution in [0.4, 0.5) is 0 Å². The predicted octanol–water partition coefficient (Wildman–Crippen LogP) is 3.34. The third kappa shape index (κ3) is 6.41. The van der Waals surface area contributed by atoms with E-state index in [0.717, 1.165) is 11.1 Å². The maximum atomic E-state index is 11.4. The van der Waals surface area contributed by atoms with Crippen molar-refractivity contribution in [2.45, 2.75) is 21.7 Å². The van der Waals surface area contributed by atoms with Crippen molar-refractivity contribution in [2.75, 3.05) is 13.1 Å². The van der Waals surface area contributed by atoms with Crippen LogP contribution in [-0.4, -0.2) is 44.9 Å². The van der Waals surface area contributed by atoms with Gasteiger partial charge in [0.2, 0.25) is 0 Å². The molecule has 4 atom stereocenters. The van der Waals surface area contributed by atoms with Gasteiger partial charge in [0.15, 0.2) is 0 Å². The van der Waals surface area contributed by atoms with Crippen molar-refractivity contribution in [1.82, 2.24) is 10.6 Å². The van der Waals surface area contributed by atoms with Crippen LogP contribution in [0.2, 0.25) is 0 Å². The van der Waals surface area contributed by atoms with E-state index in [1.54, 1.807) is 0 Å². The summed E-state index contributed by atoms with van der Waals surface area (Å²) < 4.78 is 0. The smallest absolute Gasteiger partial charge is 0.319 e. The van der Waals surface area contributed by atoms with Crippen molar-refractivity contribution < 1.29 is 19.8 Å². The second kappa shape index (κ2) is 11.3. The minimum Gasteiger partial charge on any atom is -0.480 e. The van der Waals surface area contributed by atoms with E-state index in [1.165, 1.54) is 0 Å². The Balaban J connectivity index is 2.02. The van der Waals surface area contributed by atoms with Crippen LogP contribution < -0.4 is 10.6 Å². The van der Waals surface area contributed by atoms with Gasteiger partial charge in [-0.15, -0.1) is 0 Å². The summed E-state index contributed by atoms with van der Waals surface area (Å²) >= 11 is 6.48. The second-order valence-electron chi connectivity index (χ2n) is 6.16. The molecule has 8 heteroatoms. The van der Waals surface area contributed by atoms with E-state index in [4.69, 9.17) is 0 Å². The molecule has 0 amide bonds. The van der Waals surface area contributed by atoms with E-state index < -0.39 is 33.7 Å². The Morgan fingerprint density at radius 1 is 0.714 bits per heavy atom. The summed E-state index contributed by atoms with van der Waals surface area (Å²) in [5.74, 6) is -1.91. The minimum atomic E-state index is -0.956. The van der Waals surface area contributed by atoms with Crippen molar-refractivity contribution in [3.05, 3.63) is 71.8 Å². The molecule has 2 unspecified atom stereocenters. The first kappa shape index (κ1) is 22.5. The fourth-order valence-electron chi connectivity index (χ4n) is 2.84. The molecule has 0 bridgehead atoms. The van der Waals surface area contributed by atoms with Crippen LogP contribution in [0.3, 0.4) is 0 Å². The van der Waals surface area contributed by atoms with Crippen molar-refractivity contribution in [3.63, 3.8) is 0 Å². The van der Waals surface area contributed by atoms with E-state index in [0.29, 0.717) is 13.1 Å². The summed E-state index contributed by atoms with van der Waals surface area (Å²) in [6, 6.07) is 17.8. The van der Waals surface area contributed by atoms with Crippen LogP contribution in [-0.2, 0) is 9.59 Å². The number of nitrogens with one attached hydrogen (secondary N) is 2. The van der Waals surface area contributed by atoms with Crippen LogP contribution in [0.1, 0.15) is 23.2 Å². The third-order valence-electron chi connectivity index (χ3n) is 4.23. The van der Waals surface area contributed by atoms with E-state index in [1.807, 2.05) is 60.7 Å². The average Bonchev–Trinajstić information content (AvgIpc) is 2.71. The Labute approximate surface area is 180 Å². The topological polar surface area (TPSA) is 98.7 Å². The van der Waals surface area contributed by atoms with Gasteiger partial charge in [0.05, 0.1) is 12.1 Å². The second-order valence-corrected chi connectivity index (χ2v) is 8.14. The number of benzene rings is 2. The van der Waals surface area contributed by atoms with Gasteiger partial charge in [-0.05, 0) is 11.1 Å². The van der Waals surface area contributed by atoms with Gasteiger partial charge in [0.25, 0.3) is 0 Å². The number of carboxylic acids is 2. The molecule has 2 rings (SSSR count). The Hall–Kier alpha value is -1.74. The van der Waals surface area contributed by atoms with Gasteiger partial charge in [0.1, 0.15) is 9.65 Å². The fourth-order valence-corrected chi connectivity index (χ4v) is 3.83. The molecule has 150 valence electrons. The molecular weight excluding hydrogens is 492 g/mol. The molecule has 0 radical (unpaired) electrons. The highest BCUT2D eigenvalue weighted by molar-refractivity contribution is 9.10. The Morgan fingerprint density at radius 3 is 1.32 bits per heavy atom. The predicted molar refractivity (Wildman–Crippen MR) is 115 cm³/mol. The summed E-state index contributed by atoms with van der Waals surface area (Å²) in [5, 5.41) is 25.2. The maximum Gasteiger partial charge on any atom is 0.319 e.